The summed E-state index contributed by atoms with van der Waals surface area (Å²) in [6.07, 6.45) is 7.59. The van der Waals surface area contributed by atoms with E-state index in [4.69, 9.17) is 16.6 Å². The molecule has 0 spiro atoms. The molecule has 1 aromatic carbocycles. The van der Waals surface area contributed by atoms with Crippen molar-refractivity contribution in [2.45, 2.75) is 0 Å². The zero-order valence-corrected chi connectivity index (χ0v) is 13.5. The molecule has 4 nitrogen and oxygen atoms in total. The average molecular weight is 339 g/mol. The number of nitrogens with zero attached hydrogens (tertiary/aromatic N) is 4. The van der Waals surface area contributed by atoms with Crippen LogP contribution in [0.3, 0.4) is 0 Å². The molecule has 0 aliphatic rings. The largest absolute Gasteiger partial charge is 0.290 e. The van der Waals surface area contributed by atoms with Crippen LogP contribution in [-0.2, 0) is 0 Å². The standard InChI is InChI=1S/C17H11ClN4S/c18-16-19-9-8-13(20-16)6-7-14-15(12-4-2-1-3-5-12)21-17-22(14)10-11-23-17/h1-11H. The first-order chi connectivity index (χ1) is 11.3. The Balaban J connectivity index is 1.83. The minimum absolute atomic E-state index is 0.240. The molecule has 0 saturated carbocycles. The number of aromatic nitrogens is 4. The summed E-state index contributed by atoms with van der Waals surface area (Å²) in [5.74, 6) is 0. The van der Waals surface area contributed by atoms with E-state index in [9.17, 15) is 0 Å². The van der Waals surface area contributed by atoms with Gasteiger partial charge in [-0.15, -0.1) is 11.3 Å². The SMILES string of the molecule is Clc1nccc(C=Cc2c(-c3ccccc3)nc3sccn23)n1. The van der Waals surface area contributed by atoms with Crippen LogP contribution in [0, 0.1) is 0 Å². The highest BCUT2D eigenvalue weighted by atomic mass is 35.5. The van der Waals surface area contributed by atoms with Gasteiger partial charge in [0, 0.05) is 23.3 Å². The summed E-state index contributed by atoms with van der Waals surface area (Å²) in [6.45, 7) is 0. The van der Waals surface area contributed by atoms with Crippen LogP contribution in [0.4, 0.5) is 0 Å². The summed E-state index contributed by atoms with van der Waals surface area (Å²) in [4.78, 5) is 13.8. The molecule has 112 valence electrons. The molecule has 0 N–H and O–H groups in total. The maximum Gasteiger partial charge on any atom is 0.222 e. The fraction of sp³-hybridized carbons (Fsp3) is 0. The third-order valence-electron chi connectivity index (χ3n) is 3.41. The van der Waals surface area contributed by atoms with Gasteiger partial charge in [0.2, 0.25) is 5.28 Å². The molecule has 0 atom stereocenters. The Labute approximate surface area is 141 Å². The molecule has 4 rings (SSSR count). The fourth-order valence-electron chi connectivity index (χ4n) is 2.38. The van der Waals surface area contributed by atoms with Crippen molar-refractivity contribution in [3.8, 4) is 11.3 Å². The molecule has 4 aromatic rings. The summed E-state index contributed by atoms with van der Waals surface area (Å²) in [6, 6.07) is 12.0. The van der Waals surface area contributed by atoms with Crippen molar-refractivity contribution in [1.29, 1.82) is 0 Å². The Kier molecular flexibility index (Phi) is 3.65. The molecule has 3 heterocycles. The Morgan fingerprint density at radius 1 is 1.04 bits per heavy atom. The van der Waals surface area contributed by atoms with E-state index in [1.165, 1.54) is 0 Å². The van der Waals surface area contributed by atoms with Gasteiger partial charge in [-0.25, -0.2) is 15.0 Å². The second-order valence-corrected chi connectivity index (χ2v) is 6.06. The number of rotatable bonds is 3. The van der Waals surface area contributed by atoms with Gasteiger partial charge in [-0.3, -0.25) is 4.40 Å². The van der Waals surface area contributed by atoms with Crippen LogP contribution in [0.25, 0.3) is 28.4 Å². The molecule has 0 aliphatic heterocycles. The maximum absolute atomic E-state index is 5.84. The van der Waals surface area contributed by atoms with E-state index in [1.807, 2.05) is 48.0 Å². The second-order valence-electron chi connectivity index (χ2n) is 4.85. The summed E-state index contributed by atoms with van der Waals surface area (Å²) in [5, 5.41) is 2.26. The lowest BCUT2D eigenvalue weighted by Crippen LogP contribution is -1.87. The first kappa shape index (κ1) is 14.1. The molecule has 0 radical (unpaired) electrons. The zero-order valence-electron chi connectivity index (χ0n) is 11.9. The molecule has 0 fully saturated rings. The van der Waals surface area contributed by atoms with Crippen LogP contribution < -0.4 is 0 Å². The lowest BCUT2D eigenvalue weighted by Gasteiger charge is -2.00. The zero-order chi connectivity index (χ0) is 15.6. The highest BCUT2D eigenvalue weighted by Crippen LogP contribution is 2.27. The van der Waals surface area contributed by atoms with Crippen LogP contribution in [0.15, 0.2) is 54.2 Å². The lowest BCUT2D eigenvalue weighted by atomic mass is 10.1. The number of fused-ring (bicyclic) bond motifs is 1. The molecule has 0 aliphatic carbocycles. The topological polar surface area (TPSA) is 43.1 Å². The van der Waals surface area contributed by atoms with Gasteiger partial charge in [-0.1, -0.05) is 30.3 Å². The maximum atomic E-state index is 5.84. The second kappa shape index (κ2) is 5.95. The first-order valence-electron chi connectivity index (χ1n) is 6.99. The molecule has 0 bridgehead atoms. The summed E-state index contributed by atoms with van der Waals surface area (Å²) in [5.41, 5.74) is 3.81. The van der Waals surface area contributed by atoms with E-state index in [0.717, 1.165) is 27.6 Å². The van der Waals surface area contributed by atoms with Crippen molar-refractivity contribution >= 4 is 40.1 Å². The molecular formula is C17H11ClN4S. The fourth-order valence-corrected chi connectivity index (χ4v) is 3.25. The third-order valence-corrected chi connectivity index (χ3v) is 4.34. The minimum Gasteiger partial charge on any atom is -0.290 e. The molecule has 0 amide bonds. The number of thiazole rings is 1. The van der Waals surface area contributed by atoms with E-state index >= 15 is 0 Å². The normalized spacial score (nSPS) is 11.5. The van der Waals surface area contributed by atoms with Crippen LogP contribution in [0.5, 0.6) is 0 Å². The van der Waals surface area contributed by atoms with Gasteiger partial charge in [-0.05, 0) is 29.8 Å². The predicted molar refractivity (Wildman–Crippen MR) is 94.5 cm³/mol. The quantitative estimate of drug-likeness (QED) is 0.509. The minimum atomic E-state index is 0.240. The smallest absolute Gasteiger partial charge is 0.222 e. The summed E-state index contributed by atoms with van der Waals surface area (Å²) >= 11 is 7.45. The third kappa shape index (κ3) is 2.76. The van der Waals surface area contributed by atoms with Gasteiger partial charge in [0.25, 0.3) is 0 Å². The first-order valence-corrected chi connectivity index (χ1v) is 8.24. The highest BCUT2D eigenvalue weighted by Gasteiger charge is 2.12. The van der Waals surface area contributed by atoms with Crippen molar-refractivity contribution in [2.24, 2.45) is 0 Å². The van der Waals surface area contributed by atoms with Crippen LogP contribution in [0.2, 0.25) is 5.28 Å². The monoisotopic (exact) mass is 338 g/mol. The molecular weight excluding hydrogens is 328 g/mol. The van der Waals surface area contributed by atoms with Crippen LogP contribution in [-0.4, -0.2) is 19.4 Å². The van der Waals surface area contributed by atoms with Crippen LogP contribution >= 0.6 is 22.9 Å². The van der Waals surface area contributed by atoms with Gasteiger partial charge in [0.15, 0.2) is 4.96 Å². The predicted octanol–water partition coefficient (Wildman–Crippen LogP) is 4.68. The van der Waals surface area contributed by atoms with Crippen molar-refractivity contribution < 1.29 is 0 Å². The van der Waals surface area contributed by atoms with Crippen molar-refractivity contribution in [1.82, 2.24) is 19.4 Å². The van der Waals surface area contributed by atoms with Gasteiger partial charge in [-0.2, -0.15) is 0 Å². The number of hydrogen-bond donors (Lipinski definition) is 0. The van der Waals surface area contributed by atoms with Gasteiger partial charge >= 0.3 is 0 Å². The Morgan fingerprint density at radius 2 is 1.91 bits per heavy atom. The number of imidazole rings is 1. The summed E-state index contributed by atoms with van der Waals surface area (Å²) < 4.78 is 2.08. The molecule has 0 saturated heterocycles. The van der Waals surface area contributed by atoms with Crippen molar-refractivity contribution in [3.63, 3.8) is 0 Å². The molecule has 0 unspecified atom stereocenters. The Hall–Kier alpha value is -2.50. The van der Waals surface area contributed by atoms with E-state index in [-0.39, 0.29) is 5.28 Å². The Bertz CT molecular complexity index is 988. The molecule has 3 aromatic heterocycles. The molecule has 23 heavy (non-hydrogen) atoms. The van der Waals surface area contributed by atoms with Crippen molar-refractivity contribution in [2.75, 3.05) is 0 Å². The van der Waals surface area contributed by atoms with Gasteiger partial charge in [0.1, 0.15) is 0 Å². The highest BCUT2D eigenvalue weighted by molar-refractivity contribution is 7.15. The van der Waals surface area contributed by atoms with E-state index in [0.29, 0.717) is 0 Å². The van der Waals surface area contributed by atoms with Gasteiger partial charge < -0.3 is 0 Å². The summed E-state index contributed by atoms with van der Waals surface area (Å²) in [7, 11) is 0. The number of benzene rings is 1. The average Bonchev–Trinajstić information content (AvgIpc) is 3.15. The number of halogens is 1. The molecule has 6 heteroatoms. The van der Waals surface area contributed by atoms with E-state index in [1.54, 1.807) is 17.5 Å². The number of hydrogen-bond acceptors (Lipinski definition) is 4. The van der Waals surface area contributed by atoms with E-state index < -0.39 is 0 Å². The van der Waals surface area contributed by atoms with Crippen molar-refractivity contribution in [3.05, 3.63) is 70.8 Å². The van der Waals surface area contributed by atoms with Gasteiger partial charge in [0.05, 0.1) is 17.1 Å². The van der Waals surface area contributed by atoms with E-state index in [2.05, 4.69) is 26.5 Å². The van der Waals surface area contributed by atoms with Crippen LogP contribution in [0.1, 0.15) is 11.4 Å². The Morgan fingerprint density at radius 3 is 2.74 bits per heavy atom. The lowest BCUT2D eigenvalue weighted by molar-refractivity contribution is 1.15.